The van der Waals surface area contributed by atoms with Gasteiger partial charge in [0, 0.05) is 0 Å². The quantitative estimate of drug-likeness (QED) is 0.331. The summed E-state index contributed by atoms with van der Waals surface area (Å²) in [4.78, 5) is 9.95. The summed E-state index contributed by atoms with van der Waals surface area (Å²) in [6, 6.07) is 0. The zero-order valence-corrected chi connectivity index (χ0v) is 6.63. The van der Waals surface area contributed by atoms with E-state index < -0.39 is 0 Å². The lowest BCUT2D eigenvalue weighted by Gasteiger charge is -1.89. The molecule has 0 saturated heterocycles. The van der Waals surface area contributed by atoms with Crippen molar-refractivity contribution >= 4 is 6.29 Å². The Hall–Kier alpha value is -0.850. The van der Waals surface area contributed by atoms with Crippen molar-refractivity contribution in [2.75, 3.05) is 0 Å². The average Bonchev–Trinajstić information content (AvgIpc) is 1.89. The number of hydrogen-bond acceptors (Lipinski definition) is 1. The van der Waals surface area contributed by atoms with Crippen LogP contribution in [0.3, 0.4) is 0 Å². The van der Waals surface area contributed by atoms with Crippen LogP contribution in [0.1, 0.15) is 26.7 Å². The van der Waals surface area contributed by atoms with E-state index in [0.717, 1.165) is 24.7 Å². The topological polar surface area (TPSA) is 17.1 Å². The van der Waals surface area contributed by atoms with Gasteiger partial charge in [0.1, 0.15) is 6.29 Å². The van der Waals surface area contributed by atoms with Crippen LogP contribution in [0.4, 0.5) is 0 Å². The fourth-order valence-electron chi connectivity index (χ4n) is 0.620. The smallest absolute Gasteiger partial charge is 0.142 e. The van der Waals surface area contributed by atoms with Crippen molar-refractivity contribution in [1.82, 2.24) is 0 Å². The van der Waals surface area contributed by atoms with Crippen LogP contribution in [0.5, 0.6) is 0 Å². The Morgan fingerprint density at radius 3 is 2.60 bits per heavy atom. The van der Waals surface area contributed by atoms with E-state index in [-0.39, 0.29) is 0 Å². The molecule has 0 aliphatic heterocycles. The van der Waals surface area contributed by atoms with Gasteiger partial charge >= 0.3 is 0 Å². The van der Waals surface area contributed by atoms with Gasteiger partial charge in [-0.1, -0.05) is 24.6 Å². The second-order valence-electron chi connectivity index (χ2n) is 2.23. The van der Waals surface area contributed by atoms with E-state index in [9.17, 15) is 4.79 Å². The molecule has 0 rings (SSSR count). The molecule has 0 heterocycles. The highest BCUT2D eigenvalue weighted by Crippen LogP contribution is 1.99. The fourth-order valence-corrected chi connectivity index (χ4v) is 0.620. The minimum Gasteiger partial charge on any atom is -0.299 e. The summed E-state index contributed by atoms with van der Waals surface area (Å²) >= 11 is 0. The zero-order valence-electron chi connectivity index (χ0n) is 6.63. The minimum absolute atomic E-state index is 0.828. The van der Waals surface area contributed by atoms with E-state index in [0.29, 0.717) is 0 Å². The summed E-state index contributed by atoms with van der Waals surface area (Å²) in [6.07, 6.45) is 8.56. The number of allylic oxidation sites excluding steroid dienone is 4. The molecule has 56 valence electrons. The summed E-state index contributed by atoms with van der Waals surface area (Å²) < 4.78 is 0. The molecule has 0 aromatic rings. The molecule has 10 heavy (non-hydrogen) atoms. The Bertz CT molecular complexity index is 143. The van der Waals surface area contributed by atoms with Gasteiger partial charge in [0.25, 0.3) is 0 Å². The molecule has 0 unspecified atom stereocenters. The van der Waals surface area contributed by atoms with Crippen molar-refractivity contribution in [1.29, 1.82) is 0 Å². The predicted octanol–water partition coefficient (Wildman–Crippen LogP) is 2.49. The van der Waals surface area contributed by atoms with Gasteiger partial charge in [-0.3, -0.25) is 4.79 Å². The van der Waals surface area contributed by atoms with Crippen molar-refractivity contribution in [3.05, 3.63) is 23.8 Å². The number of rotatable bonds is 4. The van der Waals surface area contributed by atoms with Crippen molar-refractivity contribution in [2.24, 2.45) is 0 Å². The van der Waals surface area contributed by atoms with Gasteiger partial charge in [-0.2, -0.15) is 0 Å². The highest BCUT2D eigenvalue weighted by atomic mass is 16.1. The molecule has 0 radical (unpaired) electrons. The summed E-state index contributed by atoms with van der Waals surface area (Å²) in [5.74, 6) is 0. The second-order valence-corrected chi connectivity index (χ2v) is 2.23. The number of aldehydes is 1. The molecule has 0 amide bonds. The van der Waals surface area contributed by atoms with Crippen molar-refractivity contribution in [3.8, 4) is 0 Å². The summed E-state index contributed by atoms with van der Waals surface area (Å²) in [5, 5.41) is 0. The first-order chi connectivity index (χ1) is 4.81. The molecule has 0 bridgehead atoms. The summed E-state index contributed by atoms with van der Waals surface area (Å²) in [5.41, 5.74) is 1.11. The Labute approximate surface area is 62.4 Å². The van der Waals surface area contributed by atoms with E-state index in [1.54, 1.807) is 6.08 Å². The third-order valence-electron chi connectivity index (χ3n) is 1.19. The maximum absolute atomic E-state index is 9.95. The third-order valence-corrected chi connectivity index (χ3v) is 1.19. The molecule has 0 saturated carbocycles. The molecular formula is C9H14O. The van der Waals surface area contributed by atoms with Gasteiger partial charge in [-0.05, 0) is 25.8 Å². The van der Waals surface area contributed by atoms with Gasteiger partial charge < -0.3 is 0 Å². The molecule has 1 heteroatoms. The molecule has 0 spiro atoms. The molecule has 0 fully saturated rings. The Morgan fingerprint density at radius 1 is 1.40 bits per heavy atom. The summed E-state index contributed by atoms with van der Waals surface area (Å²) in [6.45, 7) is 4.05. The first kappa shape index (κ1) is 9.15. The van der Waals surface area contributed by atoms with Gasteiger partial charge in [0.15, 0.2) is 0 Å². The van der Waals surface area contributed by atoms with Crippen LogP contribution in [0.15, 0.2) is 23.8 Å². The van der Waals surface area contributed by atoms with Crippen LogP contribution in [0.2, 0.25) is 0 Å². The van der Waals surface area contributed by atoms with E-state index >= 15 is 0 Å². The largest absolute Gasteiger partial charge is 0.299 e. The van der Waals surface area contributed by atoms with Crippen molar-refractivity contribution < 1.29 is 4.79 Å². The number of carbonyl (C=O) groups is 1. The molecule has 0 N–H and O–H groups in total. The molecule has 0 aromatic carbocycles. The van der Waals surface area contributed by atoms with Crippen LogP contribution >= 0.6 is 0 Å². The van der Waals surface area contributed by atoms with Crippen LogP contribution in [-0.4, -0.2) is 6.29 Å². The third kappa shape index (κ3) is 5.29. The first-order valence-electron chi connectivity index (χ1n) is 3.57. The van der Waals surface area contributed by atoms with Crippen LogP contribution in [0.25, 0.3) is 0 Å². The van der Waals surface area contributed by atoms with Crippen molar-refractivity contribution in [2.45, 2.75) is 26.7 Å². The maximum atomic E-state index is 9.95. The highest BCUT2D eigenvalue weighted by Gasteiger charge is 1.81. The average molecular weight is 138 g/mol. The van der Waals surface area contributed by atoms with Crippen molar-refractivity contribution in [3.63, 3.8) is 0 Å². The molecular weight excluding hydrogens is 124 g/mol. The summed E-state index contributed by atoms with van der Waals surface area (Å²) in [7, 11) is 0. The van der Waals surface area contributed by atoms with Crippen LogP contribution < -0.4 is 0 Å². The van der Waals surface area contributed by atoms with Gasteiger partial charge in [-0.25, -0.2) is 0 Å². The maximum Gasteiger partial charge on any atom is 0.142 e. The van der Waals surface area contributed by atoms with Gasteiger partial charge in [-0.15, -0.1) is 0 Å². The van der Waals surface area contributed by atoms with Gasteiger partial charge in [0.2, 0.25) is 0 Å². The second kappa shape index (κ2) is 6.27. The standard InChI is InChI=1S/C9H14O/c1-3-4-5-6-9(2)7-8-10/h4-5,7-8H,3,6H2,1-2H3/b5-4-,9-7+. The molecule has 0 aliphatic rings. The fraction of sp³-hybridized carbons (Fsp3) is 0.444. The van der Waals surface area contributed by atoms with E-state index in [4.69, 9.17) is 0 Å². The highest BCUT2D eigenvalue weighted by molar-refractivity contribution is 5.65. The normalized spacial score (nSPS) is 12.4. The molecule has 1 nitrogen and oxygen atoms in total. The lowest BCUT2D eigenvalue weighted by molar-refractivity contribution is -0.104. The van der Waals surface area contributed by atoms with Crippen LogP contribution in [0, 0.1) is 0 Å². The first-order valence-corrected chi connectivity index (χ1v) is 3.57. The minimum atomic E-state index is 0.828. The van der Waals surface area contributed by atoms with E-state index in [2.05, 4.69) is 19.1 Å². The predicted molar refractivity (Wildman–Crippen MR) is 43.9 cm³/mol. The monoisotopic (exact) mass is 138 g/mol. The lowest BCUT2D eigenvalue weighted by atomic mass is 10.2. The SMILES string of the molecule is CC/C=C\C/C(C)=C/C=O. The molecule has 0 aliphatic carbocycles. The van der Waals surface area contributed by atoms with Gasteiger partial charge in [0.05, 0.1) is 0 Å². The Kier molecular flexibility index (Phi) is 5.74. The lowest BCUT2D eigenvalue weighted by Crippen LogP contribution is -1.73. The molecule has 0 aromatic heterocycles. The Balaban J connectivity index is 3.57. The van der Waals surface area contributed by atoms with E-state index in [1.165, 1.54) is 0 Å². The van der Waals surface area contributed by atoms with E-state index in [1.807, 2.05) is 6.92 Å². The molecule has 0 atom stereocenters. The number of carbonyl (C=O) groups excluding carboxylic acids is 1. The zero-order chi connectivity index (χ0) is 7.82. The Morgan fingerprint density at radius 2 is 2.10 bits per heavy atom. The number of hydrogen-bond donors (Lipinski definition) is 0. The van der Waals surface area contributed by atoms with Crippen LogP contribution in [-0.2, 0) is 4.79 Å².